The summed E-state index contributed by atoms with van der Waals surface area (Å²) in [5.41, 5.74) is 2.29. The van der Waals surface area contributed by atoms with Gasteiger partial charge in [0.15, 0.2) is 11.0 Å². The van der Waals surface area contributed by atoms with Crippen molar-refractivity contribution >= 4 is 52.0 Å². The molecule has 9 nitrogen and oxygen atoms in total. The van der Waals surface area contributed by atoms with Gasteiger partial charge in [0.25, 0.3) is 11.8 Å². The van der Waals surface area contributed by atoms with E-state index in [-0.39, 0.29) is 36.0 Å². The first kappa shape index (κ1) is 28.8. The molecule has 218 valence electrons. The molecular weight excluding hydrogens is 608 g/mol. The van der Waals surface area contributed by atoms with E-state index in [4.69, 9.17) is 9.84 Å². The molecule has 1 aliphatic rings. The van der Waals surface area contributed by atoms with Gasteiger partial charge < -0.3 is 10.1 Å². The Balaban J connectivity index is 1.26. The molecule has 4 heterocycles. The van der Waals surface area contributed by atoms with Crippen molar-refractivity contribution in [3.63, 3.8) is 0 Å². The number of hydrogen-bond donors (Lipinski definition) is 1. The van der Waals surface area contributed by atoms with Crippen LogP contribution in [0.5, 0.6) is 5.75 Å². The summed E-state index contributed by atoms with van der Waals surface area (Å²) in [4.78, 5) is 27.9. The number of ether oxygens (including phenoxy) is 1. The molecule has 3 aromatic heterocycles. The smallest absolute Gasteiger partial charge is 0.261 e. The monoisotopic (exact) mass is 632 g/mol. The van der Waals surface area contributed by atoms with E-state index in [0.29, 0.717) is 33.7 Å². The Labute approximate surface area is 259 Å². The summed E-state index contributed by atoms with van der Waals surface area (Å²) in [6.45, 7) is 0.115. The van der Waals surface area contributed by atoms with Gasteiger partial charge in [-0.05, 0) is 52.7 Å². The molecule has 1 atom stereocenters. The van der Waals surface area contributed by atoms with Gasteiger partial charge in [0.2, 0.25) is 0 Å². The maximum Gasteiger partial charge on any atom is 0.261 e. The van der Waals surface area contributed by atoms with E-state index in [2.05, 4.69) is 15.5 Å². The third kappa shape index (κ3) is 6.24. The first-order valence-corrected chi connectivity index (χ1v) is 16.0. The predicted octanol–water partition coefficient (Wildman–Crippen LogP) is 5.94. The second-order valence-electron chi connectivity index (χ2n) is 9.39. The number of aromatic nitrogens is 3. The lowest BCUT2D eigenvalue weighted by molar-refractivity contribution is -0.130. The highest BCUT2D eigenvalue weighted by Crippen LogP contribution is 2.35. The lowest BCUT2D eigenvalue weighted by Gasteiger charge is -2.22. The summed E-state index contributed by atoms with van der Waals surface area (Å²) in [5.74, 6) is 0.304. The average molecular weight is 633 g/mol. The minimum absolute atomic E-state index is 0.0216. The largest absolute Gasteiger partial charge is 0.495 e. The fourth-order valence-corrected chi connectivity index (χ4v) is 6.87. The number of thiophene rings is 2. The Morgan fingerprint density at radius 1 is 1.02 bits per heavy atom. The van der Waals surface area contributed by atoms with Crippen LogP contribution in [-0.2, 0) is 11.3 Å². The van der Waals surface area contributed by atoms with E-state index < -0.39 is 0 Å². The molecule has 0 bridgehead atoms. The van der Waals surface area contributed by atoms with E-state index in [0.717, 1.165) is 16.2 Å². The molecule has 43 heavy (non-hydrogen) atoms. The van der Waals surface area contributed by atoms with Gasteiger partial charge in [0.05, 0.1) is 46.6 Å². The van der Waals surface area contributed by atoms with Gasteiger partial charge in [0.1, 0.15) is 11.6 Å². The minimum Gasteiger partial charge on any atom is -0.495 e. The van der Waals surface area contributed by atoms with Crippen molar-refractivity contribution in [1.29, 1.82) is 0 Å². The quantitative estimate of drug-likeness (QED) is 0.191. The first-order chi connectivity index (χ1) is 21.0. The fraction of sp³-hybridized carbons (Fsp3) is 0.167. The number of benzene rings is 2. The predicted molar refractivity (Wildman–Crippen MR) is 166 cm³/mol. The van der Waals surface area contributed by atoms with Crippen molar-refractivity contribution in [3.05, 3.63) is 111 Å². The molecule has 6 rings (SSSR count). The summed E-state index contributed by atoms with van der Waals surface area (Å²) in [7, 11) is 1.57. The number of carbonyl (C=O) groups excluding carboxylic acids is 2. The van der Waals surface area contributed by atoms with Crippen LogP contribution in [0.25, 0.3) is 5.69 Å². The molecule has 0 saturated heterocycles. The third-order valence-corrected chi connectivity index (χ3v) is 9.43. The molecule has 0 radical (unpaired) electrons. The normalized spacial score (nSPS) is 14.5. The van der Waals surface area contributed by atoms with Crippen LogP contribution < -0.4 is 10.1 Å². The Hall–Kier alpha value is -4.33. The molecule has 2 aromatic carbocycles. The van der Waals surface area contributed by atoms with Crippen molar-refractivity contribution in [3.8, 4) is 11.4 Å². The lowest BCUT2D eigenvalue weighted by Crippen LogP contribution is -2.28. The van der Waals surface area contributed by atoms with Crippen LogP contribution >= 0.6 is 34.4 Å². The number of methoxy groups -OCH3 is 1. The lowest BCUT2D eigenvalue weighted by atomic mass is 10.0. The number of nitrogens with zero attached hydrogens (tertiary/aromatic N) is 5. The van der Waals surface area contributed by atoms with Crippen molar-refractivity contribution in [2.24, 2.45) is 5.10 Å². The Kier molecular flexibility index (Phi) is 8.63. The van der Waals surface area contributed by atoms with Crippen molar-refractivity contribution in [2.75, 3.05) is 12.9 Å². The highest BCUT2D eigenvalue weighted by atomic mass is 32.2. The molecule has 0 aliphatic carbocycles. The summed E-state index contributed by atoms with van der Waals surface area (Å²) in [6, 6.07) is 20.7. The minimum atomic E-state index is -0.360. The molecule has 0 unspecified atom stereocenters. The number of hydrazone groups is 1. The van der Waals surface area contributed by atoms with E-state index >= 15 is 0 Å². The van der Waals surface area contributed by atoms with E-state index in [9.17, 15) is 14.0 Å². The first-order valence-electron chi connectivity index (χ1n) is 13.2. The number of thioether (sulfide) groups is 1. The van der Waals surface area contributed by atoms with E-state index in [1.165, 1.54) is 40.2 Å². The number of rotatable bonds is 10. The fourth-order valence-electron chi connectivity index (χ4n) is 4.69. The van der Waals surface area contributed by atoms with Crippen LogP contribution in [0.2, 0.25) is 0 Å². The Morgan fingerprint density at radius 3 is 2.56 bits per heavy atom. The number of para-hydroxylation sites is 2. The number of hydrogen-bond acceptors (Lipinski definition) is 9. The van der Waals surface area contributed by atoms with Crippen LogP contribution in [0, 0.1) is 5.82 Å². The zero-order chi connectivity index (χ0) is 29.8. The SMILES string of the molecule is COc1ccccc1-n1c(CNC(=O)c2cccs2)nnc1SCC(=O)N1N=C(c2cccs2)C[C@H]1c1ccc(F)cc1. The van der Waals surface area contributed by atoms with E-state index in [1.54, 1.807) is 41.2 Å². The molecule has 2 amide bonds. The summed E-state index contributed by atoms with van der Waals surface area (Å²) < 4.78 is 21.1. The number of carbonyl (C=O) groups is 2. The zero-order valence-corrected chi connectivity index (χ0v) is 25.3. The highest BCUT2D eigenvalue weighted by molar-refractivity contribution is 7.99. The maximum absolute atomic E-state index is 13.7. The van der Waals surface area contributed by atoms with Gasteiger partial charge in [-0.25, -0.2) is 9.40 Å². The van der Waals surface area contributed by atoms with Gasteiger partial charge in [-0.1, -0.05) is 48.2 Å². The highest BCUT2D eigenvalue weighted by Gasteiger charge is 2.34. The number of amides is 2. The second kappa shape index (κ2) is 12.9. The molecule has 5 aromatic rings. The van der Waals surface area contributed by atoms with Gasteiger partial charge in [-0.3, -0.25) is 14.2 Å². The molecule has 1 aliphatic heterocycles. The number of nitrogens with one attached hydrogen (secondary N) is 1. The average Bonchev–Trinajstić information content (AvgIpc) is 3.85. The standard InChI is InChI=1S/C30H25FN6O3S3/c1-40-24-7-3-2-6-22(24)36-27(17-32-29(39)26-9-5-15-42-26)33-34-30(36)43-18-28(38)37-23(19-10-12-20(31)13-11-19)16-21(35-37)25-8-4-14-41-25/h2-15,23H,16-18H2,1H3,(H,32,39)/t23-/m0/s1. The van der Waals surface area contributed by atoms with Crippen LogP contribution in [0.1, 0.15) is 38.4 Å². The van der Waals surface area contributed by atoms with Crippen molar-refractivity contribution in [1.82, 2.24) is 25.1 Å². The Bertz CT molecular complexity index is 1750. The topological polar surface area (TPSA) is 102 Å². The van der Waals surface area contributed by atoms with Crippen LogP contribution in [0.4, 0.5) is 4.39 Å². The third-order valence-electron chi connectivity index (χ3n) is 6.73. The molecular formula is C30H25FN6O3S3. The van der Waals surface area contributed by atoms with Crippen molar-refractivity contribution in [2.45, 2.75) is 24.2 Å². The summed E-state index contributed by atoms with van der Waals surface area (Å²) in [6.07, 6.45) is 0.522. The molecule has 0 saturated carbocycles. The van der Waals surface area contributed by atoms with Crippen LogP contribution in [0.3, 0.4) is 0 Å². The van der Waals surface area contributed by atoms with Crippen LogP contribution in [0.15, 0.2) is 93.8 Å². The molecule has 0 spiro atoms. The molecule has 13 heteroatoms. The molecule has 1 N–H and O–H groups in total. The maximum atomic E-state index is 13.7. The van der Waals surface area contributed by atoms with Crippen LogP contribution in [-0.4, -0.2) is 50.2 Å². The second-order valence-corrected chi connectivity index (χ2v) is 12.2. The molecule has 0 fully saturated rings. The number of halogens is 1. The van der Waals surface area contributed by atoms with E-state index in [1.807, 2.05) is 53.2 Å². The summed E-state index contributed by atoms with van der Waals surface area (Å²) in [5, 5.41) is 22.1. The Morgan fingerprint density at radius 2 is 1.81 bits per heavy atom. The van der Waals surface area contributed by atoms with Gasteiger partial charge in [-0.2, -0.15) is 5.10 Å². The zero-order valence-electron chi connectivity index (χ0n) is 22.8. The summed E-state index contributed by atoms with van der Waals surface area (Å²) >= 11 is 4.12. The van der Waals surface area contributed by atoms with Gasteiger partial charge in [0, 0.05) is 6.42 Å². The van der Waals surface area contributed by atoms with Gasteiger partial charge in [-0.15, -0.1) is 32.9 Å². The van der Waals surface area contributed by atoms with Crippen molar-refractivity contribution < 1.29 is 18.7 Å². The van der Waals surface area contributed by atoms with Gasteiger partial charge >= 0.3 is 0 Å².